The van der Waals surface area contributed by atoms with Crippen LogP contribution in [0.1, 0.15) is 33.1 Å². The standard InChI is InChI=1S/C14H27N3OS/c1-14(2,13(15)19)17-8-6-16(7-9-17)11-12-5-3-4-10-18-12/h12H,3-11H2,1-2H3,(H2,15,19). The summed E-state index contributed by atoms with van der Waals surface area (Å²) in [7, 11) is 0. The van der Waals surface area contributed by atoms with E-state index < -0.39 is 0 Å². The van der Waals surface area contributed by atoms with Gasteiger partial charge in [0.25, 0.3) is 0 Å². The van der Waals surface area contributed by atoms with Gasteiger partial charge in [0.1, 0.15) is 0 Å². The Labute approximate surface area is 122 Å². The molecule has 0 aliphatic carbocycles. The molecule has 0 bridgehead atoms. The zero-order valence-corrected chi connectivity index (χ0v) is 13.0. The molecule has 19 heavy (non-hydrogen) atoms. The topological polar surface area (TPSA) is 41.7 Å². The van der Waals surface area contributed by atoms with Gasteiger partial charge < -0.3 is 10.5 Å². The van der Waals surface area contributed by atoms with Crippen LogP contribution >= 0.6 is 12.2 Å². The molecule has 4 nitrogen and oxygen atoms in total. The van der Waals surface area contributed by atoms with E-state index >= 15 is 0 Å². The Morgan fingerprint density at radius 3 is 2.47 bits per heavy atom. The molecule has 2 aliphatic rings. The quantitative estimate of drug-likeness (QED) is 0.787. The SMILES string of the molecule is CC(C)(C(N)=S)N1CCN(CC2CCCCO2)CC1. The van der Waals surface area contributed by atoms with Crippen molar-refractivity contribution < 1.29 is 4.74 Å². The lowest BCUT2D eigenvalue weighted by atomic mass is 10.0. The fourth-order valence-corrected chi connectivity index (χ4v) is 3.01. The van der Waals surface area contributed by atoms with E-state index in [1.807, 2.05) is 0 Å². The van der Waals surface area contributed by atoms with Crippen molar-refractivity contribution in [1.29, 1.82) is 0 Å². The van der Waals surface area contributed by atoms with Crippen LogP contribution in [0.15, 0.2) is 0 Å². The molecule has 2 fully saturated rings. The van der Waals surface area contributed by atoms with Gasteiger partial charge in [-0.1, -0.05) is 12.2 Å². The maximum Gasteiger partial charge on any atom is 0.0928 e. The van der Waals surface area contributed by atoms with Crippen molar-refractivity contribution in [2.24, 2.45) is 5.73 Å². The molecule has 2 saturated heterocycles. The Morgan fingerprint density at radius 1 is 1.26 bits per heavy atom. The summed E-state index contributed by atoms with van der Waals surface area (Å²) in [5.41, 5.74) is 5.68. The van der Waals surface area contributed by atoms with Crippen molar-refractivity contribution >= 4 is 17.2 Å². The largest absolute Gasteiger partial charge is 0.392 e. The van der Waals surface area contributed by atoms with Crippen LogP contribution in [0, 0.1) is 0 Å². The summed E-state index contributed by atoms with van der Waals surface area (Å²) in [6.45, 7) is 10.5. The van der Waals surface area contributed by atoms with Crippen molar-refractivity contribution in [3.63, 3.8) is 0 Å². The van der Waals surface area contributed by atoms with E-state index in [4.69, 9.17) is 22.7 Å². The van der Waals surface area contributed by atoms with E-state index in [0.717, 1.165) is 39.3 Å². The molecule has 0 aromatic carbocycles. The van der Waals surface area contributed by atoms with Crippen LogP contribution in [0.2, 0.25) is 0 Å². The molecule has 0 aromatic heterocycles. The highest BCUT2D eigenvalue weighted by Gasteiger charge is 2.32. The van der Waals surface area contributed by atoms with Crippen LogP contribution in [0.4, 0.5) is 0 Å². The number of hydrogen-bond donors (Lipinski definition) is 1. The lowest BCUT2D eigenvalue weighted by Gasteiger charge is -2.44. The van der Waals surface area contributed by atoms with Crippen LogP contribution < -0.4 is 5.73 Å². The first-order chi connectivity index (χ1) is 9.00. The number of nitrogens with two attached hydrogens (primary N) is 1. The molecular formula is C14H27N3OS. The second-order valence-electron chi connectivity index (χ2n) is 6.20. The second-order valence-corrected chi connectivity index (χ2v) is 6.64. The van der Waals surface area contributed by atoms with Crippen LogP contribution in [0.3, 0.4) is 0 Å². The second kappa shape index (κ2) is 6.48. The minimum Gasteiger partial charge on any atom is -0.392 e. The maximum absolute atomic E-state index is 5.84. The zero-order valence-electron chi connectivity index (χ0n) is 12.2. The van der Waals surface area contributed by atoms with Crippen molar-refractivity contribution in [3.8, 4) is 0 Å². The van der Waals surface area contributed by atoms with Gasteiger partial charge >= 0.3 is 0 Å². The van der Waals surface area contributed by atoms with Crippen molar-refractivity contribution in [2.45, 2.75) is 44.8 Å². The highest BCUT2D eigenvalue weighted by Crippen LogP contribution is 2.19. The molecule has 0 spiro atoms. The fraction of sp³-hybridized carbons (Fsp3) is 0.929. The van der Waals surface area contributed by atoms with Gasteiger partial charge in [-0.05, 0) is 33.1 Å². The van der Waals surface area contributed by atoms with E-state index in [1.165, 1.54) is 19.3 Å². The molecule has 2 rings (SSSR count). The predicted molar refractivity (Wildman–Crippen MR) is 82.5 cm³/mol. The van der Waals surface area contributed by atoms with Gasteiger partial charge in [-0.15, -0.1) is 0 Å². The van der Waals surface area contributed by atoms with Crippen LogP contribution in [0.5, 0.6) is 0 Å². The third kappa shape index (κ3) is 3.88. The number of hydrogen-bond acceptors (Lipinski definition) is 4. The summed E-state index contributed by atoms with van der Waals surface area (Å²) in [5.74, 6) is 0. The highest BCUT2D eigenvalue weighted by atomic mass is 32.1. The van der Waals surface area contributed by atoms with Crippen LogP contribution in [-0.4, -0.2) is 65.8 Å². The van der Waals surface area contributed by atoms with Crippen molar-refractivity contribution in [1.82, 2.24) is 9.80 Å². The number of ether oxygens (including phenoxy) is 1. The third-order valence-electron chi connectivity index (χ3n) is 4.50. The smallest absolute Gasteiger partial charge is 0.0928 e. The molecule has 0 amide bonds. The minimum atomic E-state index is -0.164. The van der Waals surface area contributed by atoms with Gasteiger partial charge in [-0.2, -0.15) is 0 Å². The molecule has 0 radical (unpaired) electrons. The first kappa shape index (κ1) is 15.2. The molecule has 110 valence electrons. The Kier molecular flexibility index (Phi) is 5.17. The number of rotatable bonds is 4. The molecule has 0 saturated carbocycles. The Hall–Kier alpha value is -0.230. The average molecular weight is 285 g/mol. The lowest BCUT2D eigenvalue weighted by Crippen LogP contribution is -2.59. The van der Waals surface area contributed by atoms with E-state index in [-0.39, 0.29) is 5.54 Å². The summed E-state index contributed by atoms with van der Waals surface area (Å²) >= 11 is 5.18. The van der Waals surface area contributed by atoms with Gasteiger partial charge in [-0.25, -0.2) is 0 Å². The van der Waals surface area contributed by atoms with Gasteiger partial charge in [0.15, 0.2) is 0 Å². The zero-order chi connectivity index (χ0) is 13.9. The molecule has 0 aromatic rings. The molecule has 2 aliphatic heterocycles. The Bertz CT molecular complexity index is 308. The van der Waals surface area contributed by atoms with E-state index in [1.54, 1.807) is 0 Å². The fourth-order valence-electron chi connectivity index (χ4n) is 2.88. The van der Waals surface area contributed by atoms with Crippen LogP contribution in [-0.2, 0) is 4.74 Å². The van der Waals surface area contributed by atoms with E-state index in [0.29, 0.717) is 11.1 Å². The highest BCUT2D eigenvalue weighted by molar-refractivity contribution is 7.80. The maximum atomic E-state index is 5.84. The average Bonchev–Trinajstić information content (AvgIpc) is 2.40. The summed E-state index contributed by atoms with van der Waals surface area (Å²) in [5, 5.41) is 0. The van der Waals surface area contributed by atoms with Gasteiger partial charge in [0.05, 0.1) is 16.6 Å². The van der Waals surface area contributed by atoms with Gasteiger partial charge in [0, 0.05) is 39.3 Å². The summed E-state index contributed by atoms with van der Waals surface area (Å²) in [6, 6.07) is 0. The lowest BCUT2D eigenvalue weighted by molar-refractivity contribution is -0.0181. The number of thiocarbonyl (C=S) groups is 1. The van der Waals surface area contributed by atoms with Gasteiger partial charge in [0.2, 0.25) is 0 Å². The third-order valence-corrected chi connectivity index (χ3v) is 5.00. The van der Waals surface area contributed by atoms with Crippen molar-refractivity contribution in [3.05, 3.63) is 0 Å². The summed E-state index contributed by atoms with van der Waals surface area (Å²) in [6.07, 6.45) is 4.22. The molecule has 2 N–H and O–H groups in total. The molecule has 5 heteroatoms. The molecule has 2 heterocycles. The monoisotopic (exact) mass is 285 g/mol. The summed E-state index contributed by atoms with van der Waals surface area (Å²) < 4.78 is 5.82. The minimum absolute atomic E-state index is 0.164. The predicted octanol–water partition coefficient (Wildman–Crippen LogP) is 1.24. The van der Waals surface area contributed by atoms with E-state index in [9.17, 15) is 0 Å². The normalized spacial score (nSPS) is 27.4. The van der Waals surface area contributed by atoms with E-state index in [2.05, 4.69) is 23.6 Å². The molecule has 1 unspecified atom stereocenters. The number of piperazine rings is 1. The van der Waals surface area contributed by atoms with Crippen molar-refractivity contribution in [2.75, 3.05) is 39.3 Å². The first-order valence-electron chi connectivity index (χ1n) is 7.39. The van der Waals surface area contributed by atoms with Gasteiger partial charge in [-0.3, -0.25) is 9.80 Å². The first-order valence-corrected chi connectivity index (χ1v) is 7.80. The molecule has 1 atom stereocenters. The summed E-state index contributed by atoms with van der Waals surface area (Å²) in [4.78, 5) is 5.51. The Morgan fingerprint density at radius 2 is 1.95 bits per heavy atom. The van der Waals surface area contributed by atoms with Crippen LogP contribution in [0.25, 0.3) is 0 Å². The molecular weight excluding hydrogens is 258 g/mol. The number of nitrogens with zero attached hydrogens (tertiary/aromatic N) is 2. The Balaban J connectivity index is 1.77.